The van der Waals surface area contributed by atoms with E-state index in [-0.39, 0.29) is 35.3 Å². The average Bonchev–Trinajstić information content (AvgIpc) is 2.81. The van der Waals surface area contributed by atoms with Crippen LogP contribution in [0.1, 0.15) is 28.8 Å². The van der Waals surface area contributed by atoms with E-state index in [9.17, 15) is 26.4 Å². The lowest BCUT2D eigenvalue weighted by molar-refractivity contribution is -0.138. The van der Waals surface area contributed by atoms with Crippen LogP contribution in [-0.2, 0) is 40.1 Å². The van der Waals surface area contributed by atoms with Crippen molar-refractivity contribution in [2.45, 2.75) is 36.8 Å². The fourth-order valence-electron chi connectivity index (χ4n) is 3.46. The molecule has 0 aliphatic carbocycles. The van der Waals surface area contributed by atoms with Crippen molar-refractivity contribution >= 4 is 27.4 Å². The number of rotatable bonds is 9. The Hall–Kier alpha value is -3.47. The third-order valence-electron chi connectivity index (χ3n) is 5.49. The smallest absolute Gasteiger partial charge is 0.349 e. The third-order valence-corrected chi connectivity index (χ3v) is 6.60. The second kappa shape index (κ2) is 11.1. The molecule has 1 amide bonds. The van der Waals surface area contributed by atoms with Crippen molar-refractivity contribution in [2.24, 2.45) is 0 Å². The van der Waals surface area contributed by atoms with E-state index in [0.29, 0.717) is 24.1 Å². The molecule has 0 radical (unpaired) electrons. The molecular weight excluding hydrogens is 493 g/mol. The molecule has 7 nitrogen and oxygen atoms in total. The first-order valence-corrected chi connectivity index (χ1v) is 13.0. The van der Waals surface area contributed by atoms with E-state index in [1.54, 1.807) is 38.4 Å². The third kappa shape index (κ3) is 7.51. The predicted octanol–water partition coefficient (Wildman–Crippen LogP) is 4.45. The molecule has 0 bridgehead atoms. The maximum Gasteiger partial charge on any atom is 0.419 e. The van der Waals surface area contributed by atoms with Crippen LogP contribution in [0.3, 0.4) is 0 Å². The van der Waals surface area contributed by atoms with Crippen LogP contribution in [0.2, 0.25) is 0 Å². The van der Waals surface area contributed by atoms with E-state index in [4.69, 9.17) is 0 Å². The molecule has 2 aromatic carbocycles. The quantitative estimate of drug-likeness (QED) is 0.448. The first kappa shape index (κ1) is 27.1. The predicted molar refractivity (Wildman–Crippen MR) is 131 cm³/mol. The summed E-state index contributed by atoms with van der Waals surface area (Å²) in [5, 5.41) is 2.92. The number of anilines is 2. The number of aryl methyl sites for hydroxylation is 3. The van der Waals surface area contributed by atoms with E-state index >= 15 is 0 Å². The van der Waals surface area contributed by atoms with Gasteiger partial charge in [0.2, 0.25) is 11.9 Å². The maximum atomic E-state index is 13.6. The molecule has 0 spiro atoms. The molecule has 192 valence electrons. The molecule has 0 aliphatic heterocycles. The minimum absolute atomic E-state index is 0.0124. The molecule has 0 fully saturated rings. The normalized spacial score (nSPS) is 11.8. The van der Waals surface area contributed by atoms with Crippen molar-refractivity contribution in [3.63, 3.8) is 0 Å². The highest BCUT2D eigenvalue weighted by Crippen LogP contribution is 2.32. The minimum Gasteiger partial charge on any atom is -0.349 e. The lowest BCUT2D eigenvalue weighted by atomic mass is 10.1. The topological polar surface area (TPSA) is 92.3 Å². The second-order valence-electron chi connectivity index (χ2n) is 8.58. The number of benzene rings is 2. The van der Waals surface area contributed by atoms with Crippen LogP contribution >= 0.6 is 0 Å². The van der Waals surface area contributed by atoms with Crippen LogP contribution in [0.4, 0.5) is 24.8 Å². The molecule has 36 heavy (non-hydrogen) atoms. The van der Waals surface area contributed by atoms with Crippen LogP contribution in [0, 0.1) is 0 Å². The van der Waals surface area contributed by atoms with Crippen molar-refractivity contribution in [1.82, 2.24) is 14.9 Å². The number of carbonyl (C=O) groups excluding carboxylic acids is 1. The van der Waals surface area contributed by atoms with Crippen LogP contribution in [0.15, 0.2) is 59.6 Å². The molecule has 1 N–H and O–H groups in total. The molecule has 0 unspecified atom stereocenters. The SMILES string of the molecule is CN(C)C(=O)CCc1ccc(Nc2ncc(C(F)(F)F)c(CCc3cccc(S(C)(=O)=O)c3)n2)cc1. The molecular formula is C25H27F3N4O3S. The Morgan fingerprint density at radius 2 is 1.69 bits per heavy atom. The summed E-state index contributed by atoms with van der Waals surface area (Å²) in [5.41, 5.74) is 0.990. The molecule has 0 atom stereocenters. The highest BCUT2D eigenvalue weighted by molar-refractivity contribution is 7.90. The van der Waals surface area contributed by atoms with Gasteiger partial charge in [0.15, 0.2) is 9.84 Å². The van der Waals surface area contributed by atoms with E-state index in [0.717, 1.165) is 18.0 Å². The Kier molecular flexibility index (Phi) is 8.34. The van der Waals surface area contributed by atoms with Crippen LogP contribution in [-0.4, -0.2) is 49.5 Å². The molecule has 3 aromatic rings. The molecule has 1 heterocycles. The average molecular weight is 521 g/mol. The van der Waals surface area contributed by atoms with Gasteiger partial charge in [-0.1, -0.05) is 24.3 Å². The Labute approximate surface area is 208 Å². The van der Waals surface area contributed by atoms with Crippen molar-refractivity contribution in [2.75, 3.05) is 25.7 Å². The number of nitrogens with zero attached hydrogens (tertiary/aromatic N) is 3. The van der Waals surface area contributed by atoms with Crippen LogP contribution in [0.5, 0.6) is 0 Å². The van der Waals surface area contributed by atoms with Crippen molar-refractivity contribution in [3.05, 3.63) is 77.1 Å². The van der Waals surface area contributed by atoms with Gasteiger partial charge in [0, 0.05) is 38.7 Å². The fourth-order valence-corrected chi connectivity index (χ4v) is 4.15. The zero-order chi connectivity index (χ0) is 26.5. The van der Waals surface area contributed by atoms with Gasteiger partial charge in [-0.25, -0.2) is 18.4 Å². The summed E-state index contributed by atoms with van der Waals surface area (Å²) in [6.07, 6.45) is -1.75. The van der Waals surface area contributed by atoms with Gasteiger partial charge in [0.25, 0.3) is 0 Å². The highest BCUT2D eigenvalue weighted by Gasteiger charge is 2.34. The molecule has 11 heteroatoms. The van der Waals surface area contributed by atoms with Crippen LogP contribution < -0.4 is 5.32 Å². The number of sulfone groups is 1. The molecule has 1 aromatic heterocycles. The van der Waals surface area contributed by atoms with E-state index < -0.39 is 21.6 Å². The maximum absolute atomic E-state index is 13.6. The number of aromatic nitrogens is 2. The van der Waals surface area contributed by atoms with E-state index in [2.05, 4.69) is 15.3 Å². The summed E-state index contributed by atoms with van der Waals surface area (Å²) in [5.74, 6) is 0.0318. The Bertz CT molecular complexity index is 1330. The van der Waals surface area contributed by atoms with E-state index in [1.807, 2.05) is 12.1 Å². The van der Waals surface area contributed by atoms with Crippen molar-refractivity contribution < 1.29 is 26.4 Å². The van der Waals surface area contributed by atoms with E-state index in [1.165, 1.54) is 17.0 Å². The first-order valence-electron chi connectivity index (χ1n) is 11.1. The summed E-state index contributed by atoms with van der Waals surface area (Å²) in [4.78, 5) is 21.3. The van der Waals surface area contributed by atoms with Gasteiger partial charge in [0.1, 0.15) is 0 Å². The first-order chi connectivity index (χ1) is 16.8. The van der Waals surface area contributed by atoms with Crippen LogP contribution in [0.25, 0.3) is 0 Å². The second-order valence-corrected chi connectivity index (χ2v) is 10.6. The molecule has 3 rings (SSSR count). The number of halogens is 3. The van der Waals surface area contributed by atoms with Crippen molar-refractivity contribution in [1.29, 1.82) is 0 Å². The highest BCUT2D eigenvalue weighted by atomic mass is 32.2. The largest absolute Gasteiger partial charge is 0.419 e. The summed E-state index contributed by atoms with van der Waals surface area (Å²) < 4.78 is 64.3. The Balaban J connectivity index is 1.76. The monoisotopic (exact) mass is 520 g/mol. The standard InChI is InChI=1S/C25H27F3N4O3S/c1-32(2)23(33)14-10-17-7-11-19(12-8-17)30-24-29-16-21(25(26,27)28)22(31-24)13-9-18-5-4-6-20(15-18)36(3,34)35/h4-8,11-12,15-16H,9-10,13-14H2,1-3H3,(H,29,30,31). The Morgan fingerprint density at radius 1 is 1.00 bits per heavy atom. The summed E-state index contributed by atoms with van der Waals surface area (Å²) in [7, 11) is -0.0408. The number of amides is 1. The number of alkyl halides is 3. The molecule has 0 saturated heterocycles. The van der Waals surface area contributed by atoms with Gasteiger partial charge < -0.3 is 10.2 Å². The van der Waals surface area contributed by atoms with Gasteiger partial charge in [-0.05, 0) is 54.7 Å². The summed E-state index contributed by atoms with van der Waals surface area (Å²) in [6.45, 7) is 0. The molecule has 0 aliphatic rings. The zero-order valence-corrected chi connectivity index (χ0v) is 20.9. The summed E-state index contributed by atoms with van der Waals surface area (Å²) >= 11 is 0. The van der Waals surface area contributed by atoms with Gasteiger partial charge in [-0.3, -0.25) is 4.79 Å². The number of carbonyl (C=O) groups is 1. The van der Waals surface area contributed by atoms with Crippen molar-refractivity contribution in [3.8, 4) is 0 Å². The summed E-state index contributed by atoms with van der Waals surface area (Å²) in [6, 6.07) is 13.3. The zero-order valence-electron chi connectivity index (χ0n) is 20.1. The number of nitrogens with one attached hydrogen (secondary N) is 1. The Morgan fingerprint density at radius 3 is 2.31 bits per heavy atom. The minimum atomic E-state index is -4.63. The van der Waals surface area contributed by atoms with Gasteiger partial charge in [0.05, 0.1) is 16.2 Å². The lowest BCUT2D eigenvalue weighted by Crippen LogP contribution is -2.21. The van der Waals surface area contributed by atoms with Gasteiger partial charge in [-0.15, -0.1) is 0 Å². The van der Waals surface area contributed by atoms with Gasteiger partial charge in [-0.2, -0.15) is 13.2 Å². The number of hydrogen-bond acceptors (Lipinski definition) is 6. The molecule has 0 saturated carbocycles. The lowest BCUT2D eigenvalue weighted by Gasteiger charge is -2.14. The number of hydrogen-bond donors (Lipinski definition) is 1. The fraction of sp³-hybridized carbons (Fsp3) is 0.320. The van der Waals surface area contributed by atoms with Gasteiger partial charge >= 0.3 is 6.18 Å².